The summed E-state index contributed by atoms with van der Waals surface area (Å²) >= 11 is 0. The molecule has 0 radical (unpaired) electrons. The van der Waals surface area contributed by atoms with Crippen molar-refractivity contribution in [3.63, 3.8) is 0 Å². The molecule has 43 heavy (non-hydrogen) atoms. The van der Waals surface area contributed by atoms with E-state index in [-0.39, 0.29) is 11.8 Å². The zero-order valence-electron chi connectivity index (χ0n) is 24.6. The quantitative estimate of drug-likeness (QED) is 0.244. The first-order valence-electron chi connectivity index (χ1n) is 15.7. The molecule has 2 aliphatic carbocycles. The molecule has 4 fully saturated rings. The fourth-order valence-corrected chi connectivity index (χ4v) is 7.53. The molecule has 2 aromatic carbocycles. The maximum atomic E-state index is 11.7. The Balaban J connectivity index is 0.957. The van der Waals surface area contributed by atoms with Crippen LogP contribution in [0.2, 0.25) is 0 Å². The minimum Gasteiger partial charge on any atom is -0.485 e. The van der Waals surface area contributed by atoms with E-state index in [2.05, 4.69) is 58.4 Å². The smallest absolute Gasteiger partial charge is 0.354 e. The normalized spacial score (nSPS) is 20.3. The van der Waals surface area contributed by atoms with E-state index in [0.29, 0.717) is 41.7 Å². The molecule has 4 aliphatic rings. The van der Waals surface area contributed by atoms with Gasteiger partial charge in [0.15, 0.2) is 5.69 Å². The van der Waals surface area contributed by atoms with Crippen molar-refractivity contribution in [2.24, 2.45) is 11.3 Å². The molecule has 4 heterocycles. The zero-order chi connectivity index (χ0) is 29.1. The number of aryl methyl sites for hydroxylation is 1. The average Bonchev–Trinajstić information content (AvgIpc) is 3.74. The highest BCUT2D eigenvalue weighted by Gasteiger charge is 2.46. The van der Waals surface area contributed by atoms with Crippen molar-refractivity contribution >= 4 is 22.6 Å². The van der Waals surface area contributed by atoms with Crippen molar-refractivity contribution in [2.45, 2.75) is 63.9 Å². The van der Waals surface area contributed by atoms with Crippen molar-refractivity contribution < 1.29 is 23.9 Å². The van der Waals surface area contributed by atoms with Gasteiger partial charge in [0.2, 0.25) is 0 Å². The Kier molecular flexibility index (Phi) is 6.44. The van der Waals surface area contributed by atoms with Crippen LogP contribution in [-0.2, 0) is 11.2 Å². The van der Waals surface area contributed by atoms with Gasteiger partial charge in [0.05, 0.1) is 18.7 Å². The van der Waals surface area contributed by atoms with Crippen molar-refractivity contribution in [1.29, 1.82) is 0 Å². The molecule has 4 aromatic rings. The number of hydrogen-bond acceptors (Lipinski definition) is 7. The second kappa shape index (κ2) is 10.4. The Bertz CT molecular complexity index is 1690. The highest BCUT2D eigenvalue weighted by molar-refractivity contribution is 5.94. The monoisotopic (exact) mass is 579 g/mol. The van der Waals surface area contributed by atoms with Gasteiger partial charge in [0.1, 0.15) is 23.3 Å². The highest BCUT2D eigenvalue weighted by Crippen LogP contribution is 2.55. The fraction of sp³-hybridized carbons (Fsp3) is 0.457. The Morgan fingerprint density at radius 1 is 1.09 bits per heavy atom. The third kappa shape index (κ3) is 4.95. The van der Waals surface area contributed by atoms with E-state index >= 15 is 0 Å². The van der Waals surface area contributed by atoms with Crippen LogP contribution in [0.15, 0.2) is 53.1 Å². The number of benzene rings is 2. The summed E-state index contributed by atoms with van der Waals surface area (Å²) in [7, 11) is 0. The van der Waals surface area contributed by atoms with Gasteiger partial charge in [0.25, 0.3) is 0 Å². The molecule has 2 aromatic heterocycles. The average molecular weight is 580 g/mol. The van der Waals surface area contributed by atoms with Crippen LogP contribution in [0, 0.1) is 18.3 Å². The van der Waals surface area contributed by atoms with E-state index in [1.54, 1.807) is 6.07 Å². The van der Waals surface area contributed by atoms with Crippen molar-refractivity contribution in [3.05, 3.63) is 71.1 Å². The molecule has 1 spiro atoms. The van der Waals surface area contributed by atoms with Gasteiger partial charge in [0, 0.05) is 47.3 Å². The maximum absolute atomic E-state index is 11.7. The summed E-state index contributed by atoms with van der Waals surface area (Å²) in [5.41, 5.74) is 7.07. The van der Waals surface area contributed by atoms with Gasteiger partial charge >= 0.3 is 5.97 Å². The molecule has 0 unspecified atom stereocenters. The molecule has 8 heteroatoms. The number of rotatable bonds is 8. The van der Waals surface area contributed by atoms with Gasteiger partial charge in [-0.25, -0.2) is 9.78 Å². The minimum absolute atomic E-state index is 0.00331. The molecule has 8 nitrogen and oxygen atoms in total. The van der Waals surface area contributed by atoms with E-state index in [1.807, 2.05) is 6.07 Å². The molecule has 0 bridgehead atoms. The summed E-state index contributed by atoms with van der Waals surface area (Å²) in [6.45, 7) is 5.23. The molecule has 1 N–H and O–H groups in total. The number of fused-ring (bicyclic) bond motifs is 1. The molecule has 2 aliphatic heterocycles. The number of aromatic nitrogens is 2. The zero-order valence-corrected chi connectivity index (χ0v) is 24.6. The number of piperidine rings is 1. The number of anilines is 1. The molecule has 0 atom stereocenters. The topological polar surface area (TPSA) is 97.9 Å². The first-order valence-corrected chi connectivity index (χ1v) is 15.7. The predicted molar refractivity (Wildman–Crippen MR) is 163 cm³/mol. The first-order chi connectivity index (χ1) is 20.9. The van der Waals surface area contributed by atoms with Crippen LogP contribution < -0.4 is 9.64 Å². The maximum Gasteiger partial charge on any atom is 0.354 e. The van der Waals surface area contributed by atoms with Crippen LogP contribution in [0.3, 0.4) is 0 Å². The lowest BCUT2D eigenvalue weighted by Crippen LogP contribution is -2.47. The SMILES string of the molecule is Cc1ccccc1-c1noc(C2CC2)c1CC1CC2(CCN(c3ccc4nc(C(=O)O)cc(OC5COC5)c4c3)CC2)C1. The molecule has 8 rings (SSSR count). The third-order valence-corrected chi connectivity index (χ3v) is 10.2. The summed E-state index contributed by atoms with van der Waals surface area (Å²) in [6, 6.07) is 16.2. The number of pyridine rings is 1. The predicted octanol–water partition coefficient (Wildman–Crippen LogP) is 6.79. The number of ether oxygens (including phenoxy) is 2. The molecule has 222 valence electrons. The molecular formula is C35H37N3O5. The minimum atomic E-state index is -1.06. The Morgan fingerprint density at radius 2 is 1.88 bits per heavy atom. The van der Waals surface area contributed by atoms with Crippen LogP contribution >= 0.6 is 0 Å². The highest BCUT2D eigenvalue weighted by atomic mass is 16.6. The van der Waals surface area contributed by atoms with Crippen LogP contribution in [0.25, 0.3) is 22.2 Å². The summed E-state index contributed by atoms with van der Waals surface area (Å²) in [6.07, 6.45) is 8.35. The Labute approximate surface area is 251 Å². The standard InChI is InChI=1S/C35H37N3O5/c1-21-4-2-3-5-26(21)32-28(33(43-37-32)23-6-7-23)14-22-17-35(18-22)10-12-38(13-11-35)24-8-9-29-27(15-24)31(42-25-19-41-20-25)16-30(36-29)34(39)40/h2-5,8-9,15-16,22-23,25H,6-7,10-14,17-20H2,1H3,(H,39,40). The van der Waals surface area contributed by atoms with Crippen LogP contribution in [-0.4, -0.2) is 53.6 Å². The third-order valence-electron chi connectivity index (χ3n) is 10.2. The summed E-state index contributed by atoms with van der Waals surface area (Å²) in [5, 5.41) is 15.0. The first kappa shape index (κ1) is 26.7. The van der Waals surface area contributed by atoms with Crippen LogP contribution in [0.5, 0.6) is 5.75 Å². The van der Waals surface area contributed by atoms with Crippen molar-refractivity contribution in [1.82, 2.24) is 10.1 Å². The van der Waals surface area contributed by atoms with Gasteiger partial charge in [-0.05, 0) is 87.0 Å². The van der Waals surface area contributed by atoms with Gasteiger partial charge in [-0.1, -0.05) is 29.4 Å². The molecule has 2 saturated carbocycles. The van der Waals surface area contributed by atoms with Crippen molar-refractivity contribution in [3.8, 4) is 17.0 Å². The Hall–Kier alpha value is -3.91. The fourth-order valence-electron chi connectivity index (χ4n) is 7.53. The van der Waals surface area contributed by atoms with E-state index in [0.717, 1.165) is 42.0 Å². The van der Waals surface area contributed by atoms with Gasteiger partial charge < -0.3 is 24.0 Å². The van der Waals surface area contributed by atoms with Crippen LogP contribution in [0.1, 0.15) is 71.8 Å². The van der Waals surface area contributed by atoms with Gasteiger partial charge in [-0.2, -0.15) is 0 Å². The summed E-state index contributed by atoms with van der Waals surface area (Å²) < 4.78 is 17.4. The van der Waals surface area contributed by atoms with E-state index in [4.69, 9.17) is 14.0 Å². The second-order valence-corrected chi connectivity index (χ2v) is 13.2. The molecule has 2 saturated heterocycles. The van der Waals surface area contributed by atoms with Crippen LogP contribution in [0.4, 0.5) is 5.69 Å². The van der Waals surface area contributed by atoms with Crippen molar-refractivity contribution in [2.75, 3.05) is 31.2 Å². The largest absolute Gasteiger partial charge is 0.485 e. The van der Waals surface area contributed by atoms with E-state index < -0.39 is 5.97 Å². The van der Waals surface area contributed by atoms with Gasteiger partial charge in [-0.3, -0.25) is 0 Å². The number of nitrogens with zero attached hydrogens (tertiary/aromatic N) is 3. The second-order valence-electron chi connectivity index (χ2n) is 13.2. The summed E-state index contributed by atoms with van der Waals surface area (Å²) in [4.78, 5) is 18.5. The molecular weight excluding hydrogens is 542 g/mol. The number of hydrogen-bond donors (Lipinski definition) is 1. The Morgan fingerprint density at radius 3 is 2.58 bits per heavy atom. The van der Waals surface area contributed by atoms with E-state index in [9.17, 15) is 9.90 Å². The van der Waals surface area contributed by atoms with E-state index in [1.165, 1.54) is 55.2 Å². The lowest BCUT2D eigenvalue weighted by atomic mass is 9.56. The summed E-state index contributed by atoms with van der Waals surface area (Å²) in [5.74, 6) is 1.88. The number of carboxylic acid groups (broad SMARTS) is 1. The lowest BCUT2D eigenvalue weighted by molar-refractivity contribution is -0.0791. The number of carbonyl (C=O) groups is 1. The number of aromatic carboxylic acids is 1. The number of carboxylic acids is 1. The molecule has 0 amide bonds. The lowest BCUT2D eigenvalue weighted by Gasteiger charge is -2.53. The van der Waals surface area contributed by atoms with Gasteiger partial charge in [-0.15, -0.1) is 0 Å².